The Bertz CT molecular complexity index is 740. The van der Waals surface area contributed by atoms with Gasteiger partial charge in [-0.2, -0.15) is 0 Å². The third kappa shape index (κ3) is 5.74. The van der Waals surface area contributed by atoms with Crippen LogP contribution in [0.5, 0.6) is 0 Å². The molecular formula is C25H34. The summed E-state index contributed by atoms with van der Waals surface area (Å²) in [4.78, 5) is 0. The van der Waals surface area contributed by atoms with Crippen LogP contribution in [-0.2, 0) is 0 Å². The molecule has 25 heavy (non-hydrogen) atoms. The van der Waals surface area contributed by atoms with Crippen LogP contribution in [0.15, 0.2) is 35.9 Å². The maximum Gasteiger partial charge on any atom is -0.0195 e. The van der Waals surface area contributed by atoms with E-state index in [2.05, 4.69) is 91.0 Å². The van der Waals surface area contributed by atoms with E-state index < -0.39 is 0 Å². The predicted molar refractivity (Wildman–Crippen MR) is 115 cm³/mol. The van der Waals surface area contributed by atoms with Gasteiger partial charge >= 0.3 is 0 Å². The average Bonchev–Trinajstić information content (AvgIpc) is 2.51. The van der Waals surface area contributed by atoms with Gasteiger partial charge < -0.3 is 0 Å². The van der Waals surface area contributed by atoms with Gasteiger partial charge in [0.25, 0.3) is 0 Å². The number of benzene rings is 2. The standard InChI is InChI=1S/C23H28.C2H6/c1-15(14-23-20(6)12-17(3)13-21(23)7)8-9-22-18(4)10-16(2)11-19(22)5;1-2/h8-14H,1-7H3;1-2H3/b9-8+,15-14+;. The summed E-state index contributed by atoms with van der Waals surface area (Å²) in [6.07, 6.45) is 6.76. The highest BCUT2D eigenvalue weighted by Crippen LogP contribution is 2.22. The Hall–Kier alpha value is -2.08. The van der Waals surface area contributed by atoms with Gasteiger partial charge in [-0.25, -0.2) is 0 Å². The topological polar surface area (TPSA) is 0 Å². The molecule has 0 atom stereocenters. The molecule has 0 aromatic heterocycles. The Morgan fingerprint density at radius 3 is 1.40 bits per heavy atom. The number of aryl methyl sites for hydroxylation is 6. The monoisotopic (exact) mass is 334 g/mol. The van der Waals surface area contributed by atoms with E-state index >= 15 is 0 Å². The first-order chi connectivity index (χ1) is 11.8. The van der Waals surface area contributed by atoms with Gasteiger partial charge in [0.05, 0.1) is 0 Å². The fourth-order valence-electron chi connectivity index (χ4n) is 3.36. The number of hydrogen-bond acceptors (Lipinski definition) is 0. The van der Waals surface area contributed by atoms with Gasteiger partial charge in [0.15, 0.2) is 0 Å². The molecule has 0 aliphatic rings. The van der Waals surface area contributed by atoms with Gasteiger partial charge in [-0.05, 0) is 81.8 Å². The van der Waals surface area contributed by atoms with E-state index in [1.165, 1.54) is 50.1 Å². The van der Waals surface area contributed by atoms with E-state index in [-0.39, 0.29) is 0 Å². The molecule has 0 fully saturated rings. The molecule has 0 aliphatic heterocycles. The maximum absolute atomic E-state index is 2.29. The second kappa shape index (κ2) is 9.42. The van der Waals surface area contributed by atoms with Crippen LogP contribution in [0.1, 0.15) is 65.3 Å². The zero-order valence-electron chi connectivity index (χ0n) is 17.5. The molecule has 0 saturated carbocycles. The SMILES string of the molecule is CC.CC(/C=C/c1c(C)cc(C)cc1C)=C\c1c(C)cc(C)cc1C. The Labute approximate surface area is 155 Å². The van der Waals surface area contributed by atoms with Crippen molar-refractivity contribution in [3.63, 3.8) is 0 Å². The summed E-state index contributed by atoms with van der Waals surface area (Å²) in [5.74, 6) is 0. The molecule has 0 bridgehead atoms. The molecule has 0 spiro atoms. The van der Waals surface area contributed by atoms with Crippen LogP contribution < -0.4 is 0 Å². The Morgan fingerprint density at radius 1 is 0.640 bits per heavy atom. The summed E-state index contributed by atoms with van der Waals surface area (Å²) in [7, 11) is 0. The Balaban J connectivity index is 0.00000151. The van der Waals surface area contributed by atoms with E-state index in [9.17, 15) is 0 Å². The molecule has 2 aromatic rings. The molecule has 0 heteroatoms. The third-order valence-electron chi connectivity index (χ3n) is 4.36. The number of hydrogen-bond donors (Lipinski definition) is 0. The number of rotatable bonds is 3. The van der Waals surface area contributed by atoms with Crippen molar-refractivity contribution < 1.29 is 0 Å². The van der Waals surface area contributed by atoms with Crippen molar-refractivity contribution in [2.75, 3.05) is 0 Å². The molecule has 0 heterocycles. The smallest absolute Gasteiger partial charge is 0.0195 e. The first-order valence-electron chi connectivity index (χ1n) is 9.30. The minimum Gasteiger partial charge on any atom is -0.0683 e. The van der Waals surface area contributed by atoms with Gasteiger partial charge in [0, 0.05) is 0 Å². The largest absolute Gasteiger partial charge is 0.0683 e. The normalized spacial score (nSPS) is 11.5. The highest BCUT2D eigenvalue weighted by Gasteiger charge is 2.02. The average molecular weight is 335 g/mol. The summed E-state index contributed by atoms with van der Waals surface area (Å²) >= 11 is 0. The van der Waals surface area contributed by atoms with Crippen molar-refractivity contribution in [2.24, 2.45) is 0 Å². The van der Waals surface area contributed by atoms with E-state index in [1.807, 2.05) is 13.8 Å². The van der Waals surface area contributed by atoms with Crippen molar-refractivity contribution in [2.45, 2.75) is 62.3 Å². The van der Waals surface area contributed by atoms with Crippen molar-refractivity contribution in [1.29, 1.82) is 0 Å². The summed E-state index contributed by atoms with van der Waals surface area (Å²) in [6.45, 7) is 19.2. The number of allylic oxidation sites excluding steroid dienone is 2. The van der Waals surface area contributed by atoms with Crippen molar-refractivity contribution in [3.8, 4) is 0 Å². The molecule has 0 amide bonds. The van der Waals surface area contributed by atoms with Gasteiger partial charge in [0.2, 0.25) is 0 Å². The molecule has 2 rings (SSSR count). The fraction of sp³-hybridized carbons (Fsp3) is 0.360. The van der Waals surface area contributed by atoms with E-state index in [0.717, 1.165) is 0 Å². The minimum atomic E-state index is 1.28. The zero-order chi connectivity index (χ0) is 19.1. The maximum atomic E-state index is 2.29. The second-order valence-corrected chi connectivity index (χ2v) is 6.85. The van der Waals surface area contributed by atoms with Crippen LogP contribution in [0.25, 0.3) is 12.2 Å². The minimum absolute atomic E-state index is 1.28. The molecule has 0 nitrogen and oxygen atoms in total. The lowest BCUT2D eigenvalue weighted by Gasteiger charge is -2.09. The zero-order valence-corrected chi connectivity index (χ0v) is 17.5. The molecule has 0 aliphatic carbocycles. The van der Waals surface area contributed by atoms with Crippen LogP contribution in [0.2, 0.25) is 0 Å². The van der Waals surface area contributed by atoms with Crippen molar-refractivity contribution in [3.05, 3.63) is 80.4 Å². The van der Waals surface area contributed by atoms with Crippen LogP contribution in [0, 0.1) is 41.5 Å². The Morgan fingerprint density at radius 2 is 1.00 bits per heavy atom. The molecule has 0 radical (unpaired) electrons. The lowest BCUT2D eigenvalue weighted by atomic mass is 9.96. The molecule has 0 saturated heterocycles. The summed E-state index contributed by atoms with van der Waals surface area (Å²) in [6, 6.07) is 9.01. The third-order valence-corrected chi connectivity index (χ3v) is 4.36. The summed E-state index contributed by atoms with van der Waals surface area (Å²) in [5.41, 5.74) is 12.0. The van der Waals surface area contributed by atoms with E-state index in [4.69, 9.17) is 0 Å². The molecular weight excluding hydrogens is 300 g/mol. The molecule has 2 aromatic carbocycles. The van der Waals surface area contributed by atoms with Crippen molar-refractivity contribution >= 4 is 12.2 Å². The van der Waals surface area contributed by atoms with Crippen LogP contribution >= 0.6 is 0 Å². The van der Waals surface area contributed by atoms with Gasteiger partial charge in [-0.15, -0.1) is 0 Å². The first-order valence-corrected chi connectivity index (χ1v) is 9.30. The van der Waals surface area contributed by atoms with E-state index in [0.29, 0.717) is 0 Å². The lowest BCUT2D eigenvalue weighted by molar-refractivity contribution is 1.29. The van der Waals surface area contributed by atoms with Gasteiger partial charge in [0.1, 0.15) is 0 Å². The first kappa shape index (κ1) is 21.0. The highest BCUT2D eigenvalue weighted by atomic mass is 14.1. The predicted octanol–water partition coefficient (Wildman–Crippen LogP) is 7.68. The quantitative estimate of drug-likeness (QED) is 0.505. The van der Waals surface area contributed by atoms with Crippen LogP contribution in [0.3, 0.4) is 0 Å². The van der Waals surface area contributed by atoms with Gasteiger partial charge in [-0.1, -0.05) is 73.0 Å². The van der Waals surface area contributed by atoms with Gasteiger partial charge in [-0.3, -0.25) is 0 Å². The fourth-order valence-corrected chi connectivity index (χ4v) is 3.36. The second-order valence-electron chi connectivity index (χ2n) is 6.85. The highest BCUT2D eigenvalue weighted by molar-refractivity contribution is 5.67. The Kier molecular flexibility index (Phi) is 7.90. The summed E-state index contributed by atoms with van der Waals surface area (Å²) in [5, 5.41) is 0. The van der Waals surface area contributed by atoms with Crippen LogP contribution in [-0.4, -0.2) is 0 Å². The van der Waals surface area contributed by atoms with Crippen LogP contribution in [0.4, 0.5) is 0 Å². The lowest BCUT2D eigenvalue weighted by Crippen LogP contribution is -1.90. The summed E-state index contributed by atoms with van der Waals surface area (Å²) < 4.78 is 0. The van der Waals surface area contributed by atoms with E-state index in [1.54, 1.807) is 0 Å². The molecule has 0 N–H and O–H groups in total. The molecule has 0 unspecified atom stereocenters. The van der Waals surface area contributed by atoms with Crippen molar-refractivity contribution in [1.82, 2.24) is 0 Å². The molecule has 134 valence electrons.